The molecule has 4 aliphatic carbocycles. The average Bonchev–Trinajstić information content (AvgIpc) is 2.23. The molecule has 2 unspecified atom stereocenters. The van der Waals surface area contributed by atoms with Crippen molar-refractivity contribution >= 4 is 21.8 Å². The maximum absolute atomic E-state index is 12.5. The Morgan fingerprint density at radius 2 is 1.75 bits per heavy atom. The molecule has 0 saturated heterocycles. The summed E-state index contributed by atoms with van der Waals surface area (Å²) in [5.74, 6) is 1.24. The molecule has 0 heterocycles. The first-order valence-corrected chi connectivity index (χ1v) is 9.19. The summed E-state index contributed by atoms with van der Waals surface area (Å²) in [7, 11) is 1.95. The molecule has 0 radical (unpaired) electrons. The molecule has 3 heteroatoms. The first kappa shape index (κ1) is 14.9. The van der Waals surface area contributed by atoms with Crippen LogP contribution in [0, 0.1) is 22.2 Å². The standard InChI is InChI=1S/C17H28BrNO/c1-15-6-13-7-16(2,10-15)12-17(8-13,11-15)9-14(20)19(3)5-4-18/h13H,4-12H2,1-3H3. The van der Waals surface area contributed by atoms with Gasteiger partial charge >= 0.3 is 0 Å². The Labute approximate surface area is 131 Å². The summed E-state index contributed by atoms with van der Waals surface area (Å²) in [5, 5.41) is 0.875. The monoisotopic (exact) mass is 341 g/mol. The second-order valence-corrected chi connectivity index (χ2v) is 9.60. The molecule has 2 atom stereocenters. The topological polar surface area (TPSA) is 20.3 Å². The molecule has 0 aromatic heterocycles. The third-order valence-corrected chi connectivity index (χ3v) is 6.47. The van der Waals surface area contributed by atoms with Gasteiger partial charge in [0, 0.05) is 25.3 Å². The maximum atomic E-state index is 12.5. The Morgan fingerprint density at radius 3 is 2.25 bits per heavy atom. The number of hydrogen-bond donors (Lipinski definition) is 0. The summed E-state index contributed by atoms with van der Waals surface area (Å²) in [5.41, 5.74) is 1.35. The summed E-state index contributed by atoms with van der Waals surface area (Å²) in [6.45, 7) is 5.79. The van der Waals surface area contributed by atoms with E-state index in [2.05, 4.69) is 29.8 Å². The van der Waals surface area contributed by atoms with Gasteiger partial charge in [-0.15, -0.1) is 0 Å². The van der Waals surface area contributed by atoms with Gasteiger partial charge in [0.05, 0.1) is 0 Å². The molecule has 114 valence electrons. The molecule has 20 heavy (non-hydrogen) atoms. The largest absolute Gasteiger partial charge is 0.345 e. The highest BCUT2D eigenvalue weighted by molar-refractivity contribution is 9.09. The van der Waals surface area contributed by atoms with Crippen molar-refractivity contribution in [3.63, 3.8) is 0 Å². The van der Waals surface area contributed by atoms with Crippen LogP contribution >= 0.6 is 15.9 Å². The van der Waals surface area contributed by atoms with E-state index < -0.39 is 0 Å². The molecule has 4 bridgehead atoms. The van der Waals surface area contributed by atoms with Crippen LogP contribution in [0.5, 0.6) is 0 Å². The number of rotatable bonds is 4. The SMILES string of the molecule is CN(CCBr)C(=O)CC12CC3CC(C)(CC(C)(C3)C1)C2. The van der Waals surface area contributed by atoms with Crippen molar-refractivity contribution in [1.82, 2.24) is 4.90 Å². The number of nitrogens with zero attached hydrogens (tertiary/aromatic N) is 1. The fourth-order valence-corrected chi connectivity index (χ4v) is 7.12. The van der Waals surface area contributed by atoms with Gasteiger partial charge in [-0.25, -0.2) is 0 Å². The van der Waals surface area contributed by atoms with Gasteiger partial charge in [-0.3, -0.25) is 4.79 Å². The van der Waals surface area contributed by atoms with Gasteiger partial charge in [-0.2, -0.15) is 0 Å². The minimum atomic E-state index is 0.320. The number of hydrogen-bond acceptors (Lipinski definition) is 1. The molecule has 0 N–H and O–H groups in total. The highest BCUT2D eigenvalue weighted by Crippen LogP contribution is 2.70. The third-order valence-electron chi connectivity index (χ3n) is 6.11. The second-order valence-electron chi connectivity index (χ2n) is 8.81. The summed E-state index contributed by atoms with van der Waals surface area (Å²) < 4.78 is 0. The van der Waals surface area contributed by atoms with Crippen LogP contribution in [0.25, 0.3) is 0 Å². The van der Waals surface area contributed by atoms with Gasteiger partial charge in [-0.05, 0) is 60.7 Å². The number of alkyl halides is 1. The normalized spacial score (nSPS) is 45.7. The molecule has 0 aromatic rings. The number of carbonyl (C=O) groups excluding carboxylic acids is 1. The van der Waals surface area contributed by atoms with E-state index in [1.165, 1.54) is 38.5 Å². The van der Waals surface area contributed by atoms with Gasteiger partial charge < -0.3 is 4.90 Å². The summed E-state index contributed by atoms with van der Waals surface area (Å²) >= 11 is 3.43. The fourth-order valence-electron chi connectivity index (χ4n) is 6.59. The molecule has 0 spiro atoms. The van der Waals surface area contributed by atoms with Crippen molar-refractivity contribution in [2.45, 2.75) is 58.8 Å². The molecule has 1 amide bonds. The van der Waals surface area contributed by atoms with Gasteiger partial charge in [-0.1, -0.05) is 29.8 Å². The zero-order chi connectivity index (χ0) is 14.6. The Bertz CT molecular complexity index is 403. The Hall–Kier alpha value is -0.0500. The van der Waals surface area contributed by atoms with Gasteiger partial charge in [0.1, 0.15) is 0 Å². The van der Waals surface area contributed by atoms with Crippen molar-refractivity contribution in [1.29, 1.82) is 0 Å². The molecular formula is C17H28BrNO. The van der Waals surface area contributed by atoms with Crippen LogP contribution in [0.4, 0.5) is 0 Å². The van der Waals surface area contributed by atoms with Crippen molar-refractivity contribution in [3.8, 4) is 0 Å². The molecule has 0 aliphatic heterocycles. The van der Waals surface area contributed by atoms with E-state index in [4.69, 9.17) is 0 Å². The minimum Gasteiger partial charge on any atom is -0.345 e. The Morgan fingerprint density at radius 1 is 1.15 bits per heavy atom. The van der Waals surface area contributed by atoms with Crippen molar-refractivity contribution in [3.05, 3.63) is 0 Å². The van der Waals surface area contributed by atoms with Gasteiger partial charge in [0.15, 0.2) is 0 Å². The van der Waals surface area contributed by atoms with E-state index in [0.29, 0.717) is 22.2 Å². The Kier molecular flexibility index (Phi) is 3.51. The van der Waals surface area contributed by atoms with E-state index in [9.17, 15) is 4.79 Å². The number of amides is 1. The van der Waals surface area contributed by atoms with Crippen LogP contribution in [0.2, 0.25) is 0 Å². The predicted octanol–water partition coefficient (Wildman–Crippen LogP) is 4.23. The van der Waals surface area contributed by atoms with Crippen LogP contribution in [0.15, 0.2) is 0 Å². The first-order valence-electron chi connectivity index (χ1n) is 8.07. The lowest BCUT2D eigenvalue weighted by atomic mass is 9.40. The molecule has 0 aromatic carbocycles. The summed E-state index contributed by atoms with van der Waals surface area (Å²) in [6.07, 6.45) is 8.90. The molecule has 4 rings (SSSR count). The highest BCUT2D eigenvalue weighted by atomic mass is 79.9. The van der Waals surface area contributed by atoms with Crippen LogP contribution in [0.1, 0.15) is 58.8 Å². The van der Waals surface area contributed by atoms with Gasteiger partial charge in [0.25, 0.3) is 0 Å². The van der Waals surface area contributed by atoms with Crippen LogP contribution < -0.4 is 0 Å². The first-order chi connectivity index (χ1) is 9.27. The van der Waals surface area contributed by atoms with Gasteiger partial charge in [0.2, 0.25) is 5.91 Å². The lowest BCUT2D eigenvalue weighted by molar-refractivity contribution is -0.160. The van der Waals surface area contributed by atoms with Crippen molar-refractivity contribution < 1.29 is 4.79 Å². The molecule has 4 aliphatic rings. The zero-order valence-electron chi connectivity index (χ0n) is 13.2. The maximum Gasteiger partial charge on any atom is 0.222 e. The molecule has 4 saturated carbocycles. The molecular weight excluding hydrogens is 314 g/mol. The van der Waals surface area contributed by atoms with Crippen molar-refractivity contribution in [2.24, 2.45) is 22.2 Å². The van der Waals surface area contributed by atoms with E-state index >= 15 is 0 Å². The van der Waals surface area contributed by atoms with E-state index in [1.807, 2.05) is 11.9 Å². The van der Waals surface area contributed by atoms with Crippen molar-refractivity contribution in [2.75, 3.05) is 18.9 Å². The van der Waals surface area contributed by atoms with E-state index in [0.717, 1.165) is 24.2 Å². The van der Waals surface area contributed by atoms with Crippen LogP contribution in [-0.2, 0) is 4.79 Å². The number of halogens is 1. The Balaban J connectivity index is 1.77. The quantitative estimate of drug-likeness (QED) is 0.700. The average molecular weight is 342 g/mol. The predicted molar refractivity (Wildman–Crippen MR) is 85.9 cm³/mol. The second kappa shape index (κ2) is 4.72. The third kappa shape index (κ3) is 2.55. The van der Waals surface area contributed by atoms with E-state index in [-0.39, 0.29) is 0 Å². The number of carbonyl (C=O) groups is 1. The van der Waals surface area contributed by atoms with Crippen LogP contribution in [0.3, 0.4) is 0 Å². The summed E-state index contributed by atoms with van der Waals surface area (Å²) in [4.78, 5) is 14.4. The molecule has 2 nitrogen and oxygen atoms in total. The highest BCUT2D eigenvalue weighted by Gasteiger charge is 2.60. The molecule has 4 fully saturated rings. The smallest absolute Gasteiger partial charge is 0.222 e. The fraction of sp³-hybridized carbons (Fsp3) is 0.941. The minimum absolute atomic E-state index is 0.320. The lowest BCUT2D eigenvalue weighted by Gasteiger charge is -2.65. The summed E-state index contributed by atoms with van der Waals surface area (Å²) in [6, 6.07) is 0. The van der Waals surface area contributed by atoms with Crippen LogP contribution in [-0.4, -0.2) is 29.7 Å². The lowest BCUT2D eigenvalue weighted by Crippen LogP contribution is -2.56. The zero-order valence-corrected chi connectivity index (χ0v) is 14.8. The van der Waals surface area contributed by atoms with E-state index in [1.54, 1.807) is 0 Å².